The van der Waals surface area contributed by atoms with Crippen LogP contribution in [-0.2, 0) is 24.7 Å². The standard InChI is InChI=1S/C22H26N4OS2/c1-13-5-8-17-18(11-28-19(17)9-13)21-24-25-22(26(21)4)29-12-20(27)23-16-7-6-14(2)15(3)10-16/h6-7,10-11,13H,5,8-9,12H2,1-4H3,(H,23,27). The lowest BCUT2D eigenvalue weighted by atomic mass is 9.88. The van der Waals surface area contributed by atoms with Crippen LogP contribution < -0.4 is 5.32 Å². The van der Waals surface area contributed by atoms with E-state index in [4.69, 9.17) is 0 Å². The summed E-state index contributed by atoms with van der Waals surface area (Å²) < 4.78 is 2.01. The van der Waals surface area contributed by atoms with Crippen molar-refractivity contribution in [3.63, 3.8) is 0 Å². The van der Waals surface area contributed by atoms with E-state index >= 15 is 0 Å². The van der Waals surface area contributed by atoms with E-state index in [1.54, 1.807) is 0 Å². The molecular formula is C22H26N4OS2. The van der Waals surface area contributed by atoms with Crippen molar-refractivity contribution in [1.82, 2.24) is 14.8 Å². The third-order valence-electron chi connectivity index (χ3n) is 5.60. The number of hydrogen-bond acceptors (Lipinski definition) is 5. The Bertz CT molecular complexity index is 1050. The quantitative estimate of drug-likeness (QED) is 0.582. The average Bonchev–Trinajstić information content (AvgIpc) is 3.25. The molecule has 0 fully saturated rings. The molecule has 1 amide bonds. The normalized spacial score (nSPS) is 15.9. The lowest BCUT2D eigenvalue weighted by Crippen LogP contribution is -2.14. The molecule has 1 unspecified atom stereocenters. The maximum atomic E-state index is 12.4. The first-order chi connectivity index (χ1) is 13.9. The van der Waals surface area contributed by atoms with E-state index in [1.807, 2.05) is 48.1 Å². The lowest BCUT2D eigenvalue weighted by Gasteiger charge is -2.18. The highest BCUT2D eigenvalue weighted by molar-refractivity contribution is 7.99. The van der Waals surface area contributed by atoms with Crippen LogP contribution in [0.1, 0.15) is 34.9 Å². The molecule has 4 rings (SSSR count). The van der Waals surface area contributed by atoms with Crippen LogP contribution in [0.25, 0.3) is 11.4 Å². The van der Waals surface area contributed by atoms with Crippen molar-refractivity contribution in [3.05, 3.63) is 45.1 Å². The van der Waals surface area contributed by atoms with Crippen LogP contribution >= 0.6 is 23.1 Å². The maximum Gasteiger partial charge on any atom is 0.234 e. The Morgan fingerprint density at radius 2 is 2.14 bits per heavy atom. The van der Waals surface area contributed by atoms with Gasteiger partial charge in [0.1, 0.15) is 0 Å². The van der Waals surface area contributed by atoms with E-state index in [2.05, 4.69) is 34.7 Å². The molecule has 7 heteroatoms. The molecule has 1 aromatic carbocycles. The number of nitrogens with zero attached hydrogens (tertiary/aromatic N) is 3. The van der Waals surface area contributed by atoms with Gasteiger partial charge >= 0.3 is 0 Å². The number of aromatic nitrogens is 3. The van der Waals surface area contributed by atoms with Gasteiger partial charge in [-0.1, -0.05) is 24.8 Å². The Balaban J connectivity index is 1.43. The molecule has 152 valence electrons. The minimum Gasteiger partial charge on any atom is -0.325 e. The molecule has 1 aliphatic rings. The predicted molar refractivity (Wildman–Crippen MR) is 121 cm³/mol. The molecule has 3 aromatic rings. The van der Waals surface area contributed by atoms with E-state index in [-0.39, 0.29) is 5.91 Å². The van der Waals surface area contributed by atoms with Gasteiger partial charge in [-0.2, -0.15) is 0 Å². The molecule has 0 saturated carbocycles. The van der Waals surface area contributed by atoms with Gasteiger partial charge in [-0.05, 0) is 67.9 Å². The Morgan fingerprint density at radius 3 is 2.93 bits per heavy atom. The molecule has 2 aromatic heterocycles. The number of benzene rings is 1. The first-order valence-corrected chi connectivity index (χ1v) is 11.8. The summed E-state index contributed by atoms with van der Waals surface area (Å²) >= 11 is 3.26. The van der Waals surface area contributed by atoms with E-state index in [9.17, 15) is 4.79 Å². The van der Waals surface area contributed by atoms with Gasteiger partial charge in [-0.3, -0.25) is 4.79 Å². The molecule has 2 heterocycles. The van der Waals surface area contributed by atoms with Crippen LogP contribution in [0.2, 0.25) is 0 Å². The monoisotopic (exact) mass is 426 g/mol. The number of rotatable bonds is 5. The van der Waals surface area contributed by atoms with Gasteiger partial charge in [0.25, 0.3) is 0 Å². The number of carbonyl (C=O) groups is 1. The van der Waals surface area contributed by atoms with Crippen LogP contribution in [0.5, 0.6) is 0 Å². The van der Waals surface area contributed by atoms with Gasteiger partial charge in [0.05, 0.1) is 5.75 Å². The zero-order chi connectivity index (χ0) is 20.5. The summed E-state index contributed by atoms with van der Waals surface area (Å²) in [5.74, 6) is 1.92. The number of thioether (sulfide) groups is 1. The van der Waals surface area contributed by atoms with Crippen LogP contribution in [0, 0.1) is 19.8 Å². The van der Waals surface area contributed by atoms with E-state index in [1.165, 1.54) is 45.3 Å². The van der Waals surface area contributed by atoms with Gasteiger partial charge < -0.3 is 9.88 Å². The zero-order valence-electron chi connectivity index (χ0n) is 17.3. The first kappa shape index (κ1) is 20.2. The van der Waals surface area contributed by atoms with Crippen molar-refractivity contribution in [2.24, 2.45) is 13.0 Å². The number of anilines is 1. The fraction of sp³-hybridized carbons (Fsp3) is 0.409. The number of carbonyl (C=O) groups excluding carboxylic acids is 1. The smallest absolute Gasteiger partial charge is 0.234 e. The molecule has 0 saturated heterocycles. The number of thiophene rings is 1. The number of nitrogens with one attached hydrogen (secondary N) is 1. The largest absolute Gasteiger partial charge is 0.325 e. The summed E-state index contributed by atoms with van der Waals surface area (Å²) in [6, 6.07) is 5.96. The van der Waals surface area contributed by atoms with Crippen molar-refractivity contribution in [1.29, 1.82) is 0 Å². The predicted octanol–water partition coefficient (Wildman–Crippen LogP) is 5.02. The van der Waals surface area contributed by atoms with E-state index in [0.29, 0.717) is 5.75 Å². The third-order valence-corrected chi connectivity index (χ3v) is 7.67. The average molecular weight is 427 g/mol. The Morgan fingerprint density at radius 1 is 1.31 bits per heavy atom. The summed E-state index contributed by atoms with van der Waals surface area (Å²) in [7, 11) is 1.98. The first-order valence-electron chi connectivity index (χ1n) is 9.91. The number of aryl methyl sites for hydroxylation is 2. The molecule has 0 bridgehead atoms. The highest BCUT2D eigenvalue weighted by Crippen LogP contribution is 2.38. The second kappa shape index (κ2) is 8.32. The second-order valence-corrected chi connectivity index (χ2v) is 9.81. The van der Waals surface area contributed by atoms with Gasteiger partial charge in [-0.25, -0.2) is 0 Å². The fourth-order valence-electron chi connectivity index (χ4n) is 3.69. The second-order valence-electron chi connectivity index (χ2n) is 7.90. The zero-order valence-corrected chi connectivity index (χ0v) is 18.9. The number of fused-ring (bicyclic) bond motifs is 1. The van der Waals surface area contributed by atoms with Gasteiger partial charge in [0, 0.05) is 28.6 Å². The van der Waals surface area contributed by atoms with Crippen LogP contribution in [0.15, 0.2) is 28.7 Å². The Hall–Kier alpha value is -2.12. The number of amides is 1. The fourth-order valence-corrected chi connectivity index (χ4v) is 5.64. The van der Waals surface area contributed by atoms with Gasteiger partial charge in [0.2, 0.25) is 5.91 Å². The Labute approximate surface area is 179 Å². The van der Waals surface area contributed by atoms with E-state index < -0.39 is 0 Å². The SMILES string of the molecule is Cc1ccc(NC(=O)CSc2nnc(-c3csc4c3CCC(C)C4)n2C)cc1C. The highest BCUT2D eigenvalue weighted by Gasteiger charge is 2.23. The molecule has 1 atom stereocenters. The number of hydrogen-bond donors (Lipinski definition) is 1. The molecular weight excluding hydrogens is 400 g/mol. The summed E-state index contributed by atoms with van der Waals surface area (Å²) in [6.45, 7) is 6.43. The molecule has 29 heavy (non-hydrogen) atoms. The summed E-state index contributed by atoms with van der Waals surface area (Å²) in [5, 5.41) is 14.7. The molecule has 0 aliphatic heterocycles. The molecule has 1 N–H and O–H groups in total. The van der Waals surface area contributed by atoms with Crippen molar-refractivity contribution in [2.45, 2.75) is 45.2 Å². The lowest BCUT2D eigenvalue weighted by molar-refractivity contribution is -0.113. The topological polar surface area (TPSA) is 59.8 Å². The van der Waals surface area contributed by atoms with Crippen LogP contribution in [0.4, 0.5) is 5.69 Å². The van der Waals surface area contributed by atoms with Crippen LogP contribution in [-0.4, -0.2) is 26.4 Å². The van der Waals surface area contributed by atoms with Crippen molar-refractivity contribution in [2.75, 3.05) is 11.1 Å². The van der Waals surface area contributed by atoms with Crippen LogP contribution in [0.3, 0.4) is 0 Å². The Kier molecular flexibility index (Phi) is 5.79. The minimum absolute atomic E-state index is 0.0373. The van der Waals surface area contributed by atoms with E-state index in [0.717, 1.165) is 35.4 Å². The summed E-state index contributed by atoms with van der Waals surface area (Å²) in [5.41, 5.74) is 5.86. The molecule has 0 spiro atoms. The molecule has 0 radical (unpaired) electrons. The molecule has 1 aliphatic carbocycles. The highest BCUT2D eigenvalue weighted by atomic mass is 32.2. The van der Waals surface area contributed by atoms with Crippen molar-refractivity contribution < 1.29 is 4.79 Å². The van der Waals surface area contributed by atoms with Gasteiger partial charge in [0.15, 0.2) is 11.0 Å². The summed E-state index contributed by atoms with van der Waals surface area (Å²) in [6.07, 6.45) is 3.51. The van der Waals surface area contributed by atoms with Crippen molar-refractivity contribution >= 4 is 34.7 Å². The van der Waals surface area contributed by atoms with Crippen molar-refractivity contribution in [3.8, 4) is 11.4 Å². The summed E-state index contributed by atoms with van der Waals surface area (Å²) in [4.78, 5) is 13.9. The van der Waals surface area contributed by atoms with Gasteiger partial charge in [-0.15, -0.1) is 21.5 Å². The molecule has 5 nitrogen and oxygen atoms in total. The minimum atomic E-state index is -0.0373. The maximum absolute atomic E-state index is 12.4. The third kappa shape index (κ3) is 4.26.